The summed E-state index contributed by atoms with van der Waals surface area (Å²) < 4.78 is 0. The minimum atomic E-state index is 0.617. The van der Waals surface area contributed by atoms with Crippen LogP contribution in [-0.2, 0) is 0 Å². The van der Waals surface area contributed by atoms with Gasteiger partial charge in [-0.2, -0.15) is 4.98 Å². The van der Waals surface area contributed by atoms with Gasteiger partial charge in [0.05, 0.1) is 5.52 Å². The van der Waals surface area contributed by atoms with Crippen molar-refractivity contribution in [2.75, 3.05) is 29.0 Å². The Morgan fingerprint density at radius 1 is 0.794 bits per heavy atom. The first kappa shape index (κ1) is 25.5. The van der Waals surface area contributed by atoms with Crippen molar-refractivity contribution in [3.63, 3.8) is 0 Å². The Kier molecular flexibility index (Phi) is 9.74. The Bertz CT molecular complexity index is 1200. The number of unbranched alkanes of at least 4 members (excludes halogenated alkanes) is 1. The first-order chi connectivity index (χ1) is 16.6. The van der Waals surface area contributed by atoms with E-state index in [0.29, 0.717) is 16.0 Å². The van der Waals surface area contributed by atoms with Gasteiger partial charge in [0.1, 0.15) is 5.82 Å². The highest BCUT2D eigenvalue weighted by Gasteiger charge is 2.04. The number of benzene rings is 2. The summed E-state index contributed by atoms with van der Waals surface area (Å²) >= 11 is 12.0. The summed E-state index contributed by atoms with van der Waals surface area (Å²) in [5.41, 5.74) is 3.78. The minimum absolute atomic E-state index is 0.617. The summed E-state index contributed by atoms with van der Waals surface area (Å²) in [5.74, 6) is 1.36. The van der Waals surface area contributed by atoms with Gasteiger partial charge in [-0.25, -0.2) is 4.98 Å². The molecule has 0 aliphatic carbocycles. The maximum atomic E-state index is 6.06. The van der Waals surface area contributed by atoms with Crippen LogP contribution in [0.4, 0.5) is 23.1 Å². The van der Waals surface area contributed by atoms with E-state index < -0.39 is 0 Å². The minimum Gasteiger partial charge on any atom is -0.384 e. The van der Waals surface area contributed by atoms with Crippen LogP contribution in [0.1, 0.15) is 32.4 Å². The molecular formula is C26H30Cl2N6. The Morgan fingerprint density at radius 2 is 1.50 bits per heavy atom. The molecule has 8 heteroatoms. The average Bonchev–Trinajstić information content (AvgIpc) is 2.83. The topological polar surface area (TPSA) is 74.8 Å². The molecule has 0 fully saturated rings. The van der Waals surface area contributed by atoms with E-state index in [1.807, 2.05) is 75.4 Å². The van der Waals surface area contributed by atoms with E-state index in [9.17, 15) is 0 Å². The molecule has 0 atom stereocenters. The van der Waals surface area contributed by atoms with Crippen molar-refractivity contribution >= 4 is 57.2 Å². The molecule has 0 bridgehead atoms. The molecule has 178 valence electrons. The molecule has 4 aromatic rings. The van der Waals surface area contributed by atoms with E-state index >= 15 is 0 Å². The SMILES string of the molecule is CC.Cc1cc(Nc2ccc(Cl)cc2)nc(NCCCCNc2ccnc3cc(Cl)ccc23)n1. The lowest BCUT2D eigenvalue weighted by atomic mass is 10.2. The molecule has 2 aromatic carbocycles. The van der Waals surface area contributed by atoms with Crippen LogP contribution in [0, 0.1) is 6.92 Å². The molecule has 0 amide bonds. The Labute approximate surface area is 211 Å². The Morgan fingerprint density at radius 3 is 2.26 bits per heavy atom. The summed E-state index contributed by atoms with van der Waals surface area (Å²) in [7, 11) is 0. The summed E-state index contributed by atoms with van der Waals surface area (Å²) in [6, 6.07) is 17.2. The van der Waals surface area contributed by atoms with Crippen LogP contribution in [-0.4, -0.2) is 28.0 Å². The first-order valence-electron chi connectivity index (χ1n) is 11.5. The van der Waals surface area contributed by atoms with Crippen molar-refractivity contribution in [2.45, 2.75) is 33.6 Å². The van der Waals surface area contributed by atoms with Crippen LogP contribution in [0.15, 0.2) is 60.8 Å². The van der Waals surface area contributed by atoms with Gasteiger partial charge in [-0.15, -0.1) is 0 Å². The Hall–Kier alpha value is -3.09. The highest BCUT2D eigenvalue weighted by molar-refractivity contribution is 6.31. The van der Waals surface area contributed by atoms with Crippen molar-refractivity contribution in [3.05, 3.63) is 76.5 Å². The lowest BCUT2D eigenvalue weighted by Gasteiger charge is -2.11. The van der Waals surface area contributed by atoms with Crippen LogP contribution >= 0.6 is 23.2 Å². The van der Waals surface area contributed by atoms with Crippen molar-refractivity contribution in [1.29, 1.82) is 0 Å². The van der Waals surface area contributed by atoms with Gasteiger partial charge in [-0.05, 0) is 68.3 Å². The van der Waals surface area contributed by atoms with Gasteiger partial charge in [0.25, 0.3) is 0 Å². The lowest BCUT2D eigenvalue weighted by Crippen LogP contribution is -2.10. The van der Waals surface area contributed by atoms with E-state index in [-0.39, 0.29) is 0 Å². The molecule has 2 aromatic heterocycles. The zero-order chi connectivity index (χ0) is 24.3. The highest BCUT2D eigenvalue weighted by Crippen LogP contribution is 2.24. The van der Waals surface area contributed by atoms with Gasteiger partial charge < -0.3 is 16.0 Å². The van der Waals surface area contributed by atoms with Gasteiger partial charge in [0.2, 0.25) is 5.95 Å². The second-order valence-electron chi connectivity index (χ2n) is 7.43. The smallest absolute Gasteiger partial charge is 0.224 e. The zero-order valence-corrected chi connectivity index (χ0v) is 21.2. The normalized spacial score (nSPS) is 10.4. The Balaban J connectivity index is 0.00000158. The standard InChI is InChI=1S/C24H24Cl2N6.C2H6/c1-16-14-23(31-19-7-4-17(25)5-8-19)32-24(30-16)29-12-3-2-11-27-21-10-13-28-22-15-18(26)6-9-20(21)22;1-2/h4-10,13-15H,2-3,11-12H2,1H3,(H,27,28)(H2,29,30,31,32);1-2H3. The molecule has 4 rings (SSSR count). The van der Waals surface area contributed by atoms with Gasteiger partial charge >= 0.3 is 0 Å². The van der Waals surface area contributed by atoms with Crippen LogP contribution in [0.25, 0.3) is 10.9 Å². The molecule has 0 radical (unpaired) electrons. The van der Waals surface area contributed by atoms with Crippen LogP contribution < -0.4 is 16.0 Å². The number of nitrogens with one attached hydrogen (secondary N) is 3. The van der Waals surface area contributed by atoms with E-state index in [1.165, 1.54) is 0 Å². The molecular weight excluding hydrogens is 467 g/mol. The monoisotopic (exact) mass is 496 g/mol. The molecule has 6 nitrogen and oxygen atoms in total. The van der Waals surface area contributed by atoms with Crippen LogP contribution in [0.5, 0.6) is 0 Å². The molecule has 2 heterocycles. The van der Waals surface area contributed by atoms with E-state index in [2.05, 4.69) is 30.9 Å². The molecule has 0 spiro atoms. The fourth-order valence-electron chi connectivity index (χ4n) is 3.34. The van der Waals surface area contributed by atoms with Crippen LogP contribution in [0.2, 0.25) is 10.0 Å². The number of fused-ring (bicyclic) bond motifs is 1. The average molecular weight is 497 g/mol. The van der Waals surface area contributed by atoms with Gasteiger partial charge in [-0.3, -0.25) is 4.98 Å². The second kappa shape index (κ2) is 13.0. The molecule has 0 aliphatic rings. The molecule has 0 aliphatic heterocycles. The maximum Gasteiger partial charge on any atom is 0.224 e. The number of rotatable bonds is 9. The third-order valence-electron chi connectivity index (χ3n) is 4.88. The van der Waals surface area contributed by atoms with Gasteiger partial charge in [0, 0.05) is 57.9 Å². The van der Waals surface area contributed by atoms with Crippen molar-refractivity contribution < 1.29 is 0 Å². The number of hydrogen-bond acceptors (Lipinski definition) is 6. The van der Waals surface area contributed by atoms with E-state index in [1.54, 1.807) is 6.20 Å². The largest absolute Gasteiger partial charge is 0.384 e. The fourth-order valence-corrected chi connectivity index (χ4v) is 3.63. The highest BCUT2D eigenvalue weighted by atomic mass is 35.5. The molecule has 0 saturated carbocycles. The van der Waals surface area contributed by atoms with E-state index in [0.717, 1.165) is 59.7 Å². The summed E-state index contributed by atoms with van der Waals surface area (Å²) in [4.78, 5) is 13.4. The summed E-state index contributed by atoms with van der Waals surface area (Å²) in [6.45, 7) is 7.61. The van der Waals surface area contributed by atoms with Gasteiger partial charge in [-0.1, -0.05) is 37.0 Å². The molecule has 34 heavy (non-hydrogen) atoms. The molecule has 3 N–H and O–H groups in total. The maximum absolute atomic E-state index is 6.06. The van der Waals surface area contributed by atoms with E-state index in [4.69, 9.17) is 23.2 Å². The summed E-state index contributed by atoms with van der Waals surface area (Å²) in [5, 5.41) is 12.6. The first-order valence-corrected chi connectivity index (χ1v) is 12.2. The predicted octanol–water partition coefficient (Wildman–Crippen LogP) is 7.71. The number of aromatic nitrogens is 3. The second-order valence-corrected chi connectivity index (χ2v) is 8.30. The van der Waals surface area contributed by atoms with Crippen LogP contribution in [0.3, 0.4) is 0 Å². The zero-order valence-electron chi connectivity index (χ0n) is 19.7. The van der Waals surface area contributed by atoms with Crippen molar-refractivity contribution in [3.8, 4) is 0 Å². The predicted molar refractivity (Wildman–Crippen MR) is 146 cm³/mol. The van der Waals surface area contributed by atoms with Gasteiger partial charge in [0.15, 0.2) is 0 Å². The number of anilines is 4. The fraction of sp³-hybridized carbons (Fsp3) is 0.269. The lowest BCUT2D eigenvalue weighted by molar-refractivity contribution is 0.790. The van der Waals surface area contributed by atoms with Crippen molar-refractivity contribution in [1.82, 2.24) is 15.0 Å². The quantitative estimate of drug-likeness (QED) is 0.206. The number of pyridine rings is 1. The third-order valence-corrected chi connectivity index (χ3v) is 5.36. The molecule has 0 unspecified atom stereocenters. The summed E-state index contributed by atoms with van der Waals surface area (Å²) in [6.07, 6.45) is 3.79. The number of halogens is 2. The van der Waals surface area contributed by atoms with Crippen molar-refractivity contribution in [2.24, 2.45) is 0 Å². The molecule has 0 saturated heterocycles. The number of aryl methyl sites for hydroxylation is 1. The number of hydrogen-bond donors (Lipinski definition) is 3. The number of nitrogens with zero attached hydrogens (tertiary/aromatic N) is 3. The third kappa shape index (κ3) is 7.47.